The Morgan fingerprint density at radius 2 is 1.64 bits per heavy atom. The van der Waals surface area contributed by atoms with E-state index in [0.717, 1.165) is 65.0 Å². The molecular formula is C26H26N4O3. The van der Waals surface area contributed by atoms with Crippen molar-refractivity contribution in [1.82, 2.24) is 15.2 Å². The largest absolute Gasteiger partial charge is 0.457 e. The molecule has 0 radical (unpaired) electrons. The number of hydrogen-bond donors (Lipinski definition) is 2. The van der Waals surface area contributed by atoms with E-state index < -0.39 is 0 Å². The van der Waals surface area contributed by atoms with Gasteiger partial charge in [-0.2, -0.15) is 5.10 Å². The first-order valence-corrected chi connectivity index (χ1v) is 11.4. The van der Waals surface area contributed by atoms with E-state index in [9.17, 15) is 0 Å². The molecule has 1 spiro atoms. The Bertz CT molecular complexity index is 1250. The van der Waals surface area contributed by atoms with E-state index in [2.05, 4.69) is 28.4 Å². The van der Waals surface area contributed by atoms with Crippen LogP contribution in [0.15, 0.2) is 60.7 Å². The quantitative estimate of drug-likeness (QED) is 0.439. The molecule has 0 amide bonds. The molecule has 4 aromatic rings. The maximum absolute atomic E-state index is 6.21. The van der Waals surface area contributed by atoms with E-state index in [1.54, 1.807) is 0 Å². The predicted molar refractivity (Wildman–Crippen MR) is 126 cm³/mol. The van der Waals surface area contributed by atoms with Gasteiger partial charge in [-0.15, -0.1) is 0 Å². The number of ether oxygens (including phenoxy) is 3. The lowest BCUT2D eigenvalue weighted by Crippen LogP contribution is -2.34. The lowest BCUT2D eigenvalue weighted by molar-refractivity contribution is -0.178. The molecule has 0 atom stereocenters. The normalized spacial score (nSPS) is 18.2. The zero-order chi connectivity index (χ0) is 22.3. The molecule has 2 aromatic carbocycles. The highest BCUT2D eigenvalue weighted by molar-refractivity contribution is 6.00. The summed E-state index contributed by atoms with van der Waals surface area (Å²) in [6, 6.07) is 20.0. The number of aromatic nitrogens is 3. The van der Waals surface area contributed by atoms with Crippen molar-refractivity contribution in [2.24, 2.45) is 0 Å². The molecule has 1 aliphatic carbocycles. The molecule has 2 aromatic heterocycles. The Hall–Kier alpha value is -3.42. The average molecular weight is 443 g/mol. The number of nitrogen functional groups attached to an aromatic ring is 1. The summed E-state index contributed by atoms with van der Waals surface area (Å²) in [4.78, 5) is 4.89. The van der Waals surface area contributed by atoms with Crippen LogP contribution in [0.25, 0.3) is 22.2 Å². The van der Waals surface area contributed by atoms with Gasteiger partial charge in [-0.3, -0.25) is 5.10 Å². The molecule has 1 aliphatic heterocycles. The van der Waals surface area contributed by atoms with E-state index in [1.807, 2.05) is 42.5 Å². The van der Waals surface area contributed by atoms with Gasteiger partial charge in [-0.05, 0) is 54.3 Å². The molecule has 2 aliphatic rings. The Kier molecular flexibility index (Phi) is 5.00. The van der Waals surface area contributed by atoms with Gasteiger partial charge >= 0.3 is 0 Å². The van der Waals surface area contributed by atoms with Gasteiger partial charge in [0.25, 0.3) is 0 Å². The number of hydrogen-bond acceptors (Lipinski definition) is 6. The van der Waals surface area contributed by atoms with E-state index >= 15 is 0 Å². The standard InChI is InChI=1S/C26H26N4O3/c27-24-23-21(17-6-8-20(9-7-17)33-19-4-2-1-3-5-19)16-22(28-25(23)30-29-24)18-10-12-26(13-11-18)31-14-15-32-26/h1-9,16,18H,10-15H2,(H3,27,28,29,30). The van der Waals surface area contributed by atoms with Crippen molar-refractivity contribution in [1.29, 1.82) is 0 Å². The van der Waals surface area contributed by atoms with Crippen molar-refractivity contribution in [3.05, 3.63) is 66.4 Å². The number of H-pyrrole nitrogens is 1. The fraction of sp³-hybridized carbons (Fsp3) is 0.308. The van der Waals surface area contributed by atoms with Crippen molar-refractivity contribution < 1.29 is 14.2 Å². The number of rotatable bonds is 4. The molecule has 3 heterocycles. The topological polar surface area (TPSA) is 95.3 Å². The van der Waals surface area contributed by atoms with Gasteiger partial charge in [-0.1, -0.05) is 30.3 Å². The SMILES string of the molecule is Nc1n[nH]c2nc(C3CCC4(CC3)OCCO4)cc(-c3ccc(Oc4ccccc4)cc3)c12. The van der Waals surface area contributed by atoms with E-state index in [-0.39, 0.29) is 5.79 Å². The van der Waals surface area contributed by atoms with Gasteiger partial charge in [0, 0.05) is 24.5 Å². The Morgan fingerprint density at radius 3 is 2.36 bits per heavy atom. The molecule has 6 rings (SSSR count). The van der Waals surface area contributed by atoms with Gasteiger partial charge in [0.2, 0.25) is 0 Å². The van der Waals surface area contributed by atoms with Crippen LogP contribution in [-0.4, -0.2) is 34.2 Å². The van der Waals surface area contributed by atoms with Crippen LogP contribution >= 0.6 is 0 Å². The third-order valence-corrected chi connectivity index (χ3v) is 6.70. The van der Waals surface area contributed by atoms with Gasteiger partial charge < -0.3 is 19.9 Å². The number of nitrogens with two attached hydrogens (primary N) is 1. The summed E-state index contributed by atoms with van der Waals surface area (Å²) in [5.74, 6) is 2.01. The van der Waals surface area contributed by atoms with Crippen LogP contribution in [0.3, 0.4) is 0 Å². The van der Waals surface area contributed by atoms with Gasteiger partial charge in [0.15, 0.2) is 17.3 Å². The highest BCUT2D eigenvalue weighted by Crippen LogP contribution is 2.43. The van der Waals surface area contributed by atoms with Crippen LogP contribution in [0.1, 0.15) is 37.3 Å². The van der Waals surface area contributed by atoms with E-state index in [1.165, 1.54) is 0 Å². The molecule has 7 nitrogen and oxygen atoms in total. The van der Waals surface area contributed by atoms with Crippen LogP contribution in [-0.2, 0) is 9.47 Å². The van der Waals surface area contributed by atoms with Crippen molar-refractivity contribution >= 4 is 16.9 Å². The number of para-hydroxylation sites is 1. The number of nitrogens with zero attached hydrogens (tertiary/aromatic N) is 2. The zero-order valence-electron chi connectivity index (χ0n) is 18.3. The molecule has 3 N–H and O–H groups in total. The number of anilines is 1. The number of fused-ring (bicyclic) bond motifs is 1. The third-order valence-electron chi connectivity index (χ3n) is 6.70. The zero-order valence-corrected chi connectivity index (χ0v) is 18.3. The molecule has 33 heavy (non-hydrogen) atoms. The Balaban J connectivity index is 1.31. The fourth-order valence-corrected chi connectivity index (χ4v) is 4.98. The minimum absolute atomic E-state index is 0.344. The summed E-state index contributed by atoms with van der Waals surface area (Å²) >= 11 is 0. The molecule has 1 saturated carbocycles. The lowest BCUT2D eigenvalue weighted by atomic mass is 9.82. The van der Waals surface area contributed by atoms with Crippen molar-refractivity contribution in [3.8, 4) is 22.6 Å². The summed E-state index contributed by atoms with van der Waals surface area (Å²) in [6.07, 6.45) is 3.74. The summed E-state index contributed by atoms with van der Waals surface area (Å²) in [5, 5.41) is 8.09. The second-order valence-electron chi connectivity index (χ2n) is 8.75. The Labute approximate surface area is 191 Å². The highest BCUT2D eigenvalue weighted by Gasteiger charge is 2.41. The van der Waals surface area contributed by atoms with Gasteiger partial charge in [0.05, 0.1) is 18.6 Å². The minimum atomic E-state index is -0.379. The monoisotopic (exact) mass is 442 g/mol. The van der Waals surface area contributed by atoms with Crippen molar-refractivity contribution in [2.75, 3.05) is 18.9 Å². The third kappa shape index (κ3) is 3.83. The first kappa shape index (κ1) is 20.2. The van der Waals surface area contributed by atoms with Crippen LogP contribution in [0.5, 0.6) is 11.5 Å². The molecule has 0 bridgehead atoms. The highest BCUT2D eigenvalue weighted by atomic mass is 16.7. The van der Waals surface area contributed by atoms with E-state index in [0.29, 0.717) is 24.9 Å². The summed E-state index contributed by atoms with van der Waals surface area (Å²) in [7, 11) is 0. The first-order valence-electron chi connectivity index (χ1n) is 11.4. The average Bonchev–Trinajstić information content (AvgIpc) is 3.47. The van der Waals surface area contributed by atoms with Crippen LogP contribution in [0.2, 0.25) is 0 Å². The van der Waals surface area contributed by atoms with E-state index in [4.69, 9.17) is 24.9 Å². The maximum atomic E-state index is 6.21. The summed E-state index contributed by atoms with van der Waals surface area (Å²) in [5.41, 5.74) is 10.1. The van der Waals surface area contributed by atoms with Gasteiger partial charge in [0.1, 0.15) is 11.5 Å². The summed E-state index contributed by atoms with van der Waals surface area (Å²) in [6.45, 7) is 1.38. The predicted octanol–water partition coefficient (Wildman–Crippen LogP) is 5.40. The first-order chi connectivity index (χ1) is 16.2. The maximum Gasteiger partial charge on any atom is 0.168 e. The minimum Gasteiger partial charge on any atom is -0.457 e. The summed E-state index contributed by atoms with van der Waals surface area (Å²) < 4.78 is 17.7. The smallest absolute Gasteiger partial charge is 0.168 e. The number of aromatic amines is 1. The molecule has 0 unspecified atom stereocenters. The molecule has 7 heteroatoms. The van der Waals surface area contributed by atoms with Crippen molar-refractivity contribution in [3.63, 3.8) is 0 Å². The molecular weight excluding hydrogens is 416 g/mol. The van der Waals surface area contributed by atoms with Crippen molar-refractivity contribution in [2.45, 2.75) is 37.4 Å². The van der Waals surface area contributed by atoms with Crippen LogP contribution in [0.4, 0.5) is 5.82 Å². The second kappa shape index (κ2) is 8.17. The number of nitrogens with one attached hydrogen (secondary N) is 1. The Morgan fingerprint density at radius 1 is 0.939 bits per heavy atom. The fourth-order valence-electron chi connectivity index (χ4n) is 4.98. The van der Waals surface area contributed by atoms with Gasteiger partial charge in [-0.25, -0.2) is 4.98 Å². The lowest BCUT2D eigenvalue weighted by Gasteiger charge is -2.35. The number of benzene rings is 2. The molecule has 2 fully saturated rings. The molecule has 168 valence electrons. The van der Waals surface area contributed by atoms with Crippen LogP contribution in [0, 0.1) is 0 Å². The molecule has 1 saturated heterocycles. The number of pyridine rings is 1. The van der Waals surface area contributed by atoms with Crippen LogP contribution < -0.4 is 10.5 Å². The second-order valence-corrected chi connectivity index (χ2v) is 8.75.